The van der Waals surface area contributed by atoms with Gasteiger partial charge in [-0.05, 0) is 49.2 Å². The number of anilines is 1. The number of nitrogens with zero attached hydrogens (tertiary/aromatic N) is 5. The van der Waals surface area contributed by atoms with E-state index in [1.807, 2.05) is 19.1 Å². The normalized spacial score (nSPS) is 15.3. The van der Waals surface area contributed by atoms with Crippen LogP contribution in [0.25, 0.3) is 11.3 Å². The van der Waals surface area contributed by atoms with E-state index < -0.39 is 17.5 Å². The van der Waals surface area contributed by atoms with Gasteiger partial charge >= 0.3 is 0 Å². The van der Waals surface area contributed by atoms with E-state index in [4.69, 9.17) is 0 Å². The van der Waals surface area contributed by atoms with Crippen LogP contribution in [0.3, 0.4) is 0 Å². The molecular formula is C23H21F3N6O. The quantitative estimate of drug-likeness (QED) is 0.617. The number of rotatable bonds is 3. The highest BCUT2D eigenvalue weighted by molar-refractivity contribution is 5.95. The Morgan fingerprint density at radius 1 is 1.09 bits per heavy atom. The highest BCUT2D eigenvalue weighted by atomic mass is 19.2. The topological polar surface area (TPSA) is 65.8 Å². The summed E-state index contributed by atoms with van der Waals surface area (Å²) in [5, 5.41) is 10.3. The molecule has 3 aromatic rings. The Morgan fingerprint density at radius 2 is 1.85 bits per heavy atom. The van der Waals surface area contributed by atoms with Crippen LogP contribution in [0.1, 0.15) is 27.2 Å². The van der Waals surface area contributed by atoms with Crippen LogP contribution in [-0.2, 0) is 20.0 Å². The number of aryl methyl sites for hydroxylation is 2. The molecule has 170 valence electrons. The molecule has 0 fully saturated rings. The van der Waals surface area contributed by atoms with E-state index in [2.05, 4.69) is 15.6 Å². The Balaban J connectivity index is 1.43. The number of amides is 1. The second-order valence-electron chi connectivity index (χ2n) is 8.16. The van der Waals surface area contributed by atoms with Crippen molar-refractivity contribution in [2.24, 2.45) is 12.1 Å². The molecular weight excluding hydrogens is 433 g/mol. The van der Waals surface area contributed by atoms with Crippen LogP contribution in [0.4, 0.5) is 18.9 Å². The zero-order chi connectivity index (χ0) is 23.3. The molecule has 3 heterocycles. The van der Waals surface area contributed by atoms with Crippen LogP contribution in [-0.4, -0.2) is 39.9 Å². The number of carbonyl (C=O) groups is 1. The van der Waals surface area contributed by atoms with Gasteiger partial charge in [-0.3, -0.25) is 9.48 Å². The first-order chi connectivity index (χ1) is 15.8. The van der Waals surface area contributed by atoms with Gasteiger partial charge in [-0.1, -0.05) is 0 Å². The van der Waals surface area contributed by atoms with Gasteiger partial charge in [-0.2, -0.15) is 15.3 Å². The van der Waals surface area contributed by atoms with Crippen molar-refractivity contribution in [2.75, 3.05) is 18.2 Å². The number of aromatic nitrogens is 2. The third-order valence-corrected chi connectivity index (χ3v) is 5.83. The predicted molar refractivity (Wildman–Crippen MR) is 117 cm³/mol. The summed E-state index contributed by atoms with van der Waals surface area (Å²) >= 11 is 0. The maximum atomic E-state index is 13.8. The molecule has 2 aromatic carbocycles. The van der Waals surface area contributed by atoms with Gasteiger partial charge in [0.2, 0.25) is 0 Å². The van der Waals surface area contributed by atoms with Crippen molar-refractivity contribution in [1.82, 2.24) is 20.1 Å². The van der Waals surface area contributed by atoms with Gasteiger partial charge in [0.25, 0.3) is 5.91 Å². The van der Waals surface area contributed by atoms with Gasteiger partial charge < -0.3 is 4.90 Å². The van der Waals surface area contributed by atoms with E-state index in [0.29, 0.717) is 36.5 Å². The fourth-order valence-corrected chi connectivity index (χ4v) is 4.39. The third-order valence-electron chi connectivity index (χ3n) is 5.83. The van der Waals surface area contributed by atoms with Crippen molar-refractivity contribution in [3.63, 3.8) is 0 Å². The number of hydrazine groups is 1. The van der Waals surface area contributed by atoms with E-state index in [9.17, 15) is 18.0 Å². The van der Waals surface area contributed by atoms with Crippen molar-refractivity contribution >= 4 is 17.8 Å². The van der Waals surface area contributed by atoms with Gasteiger partial charge in [0.05, 0.1) is 30.2 Å². The fourth-order valence-electron chi connectivity index (χ4n) is 4.39. The van der Waals surface area contributed by atoms with Crippen molar-refractivity contribution in [3.8, 4) is 11.3 Å². The molecule has 5 rings (SSSR count). The minimum atomic E-state index is -1.50. The van der Waals surface area contributed by atoms with Gasteiger partial charge in [0, 0.05) is 36.5 Å². The summed E-state index contributed by atoms with van der Waals surface area (Å²) in [4.78, 5) is 15.0. The molecule has 0 saturated heterocycles. The minimum absolute atomic E-state index is 0.139. The molecule has 2 aliphatic heterocycles. The van der Waals surface area contributed by atoms with Crippen molar-refractivity contribution in [3.05, 3.63) is 70.2 Å². The lowest BCUT2D eigenvalue weighted by Gasteiger charge is -2.27. The summed E-state index contributed by atoms with van der Waals surface area (Å²) in [6.45, 7) is 3.22. The SMILES string of the molecule is Cc1cc(C(=O)N2CCc3c(nn(C)c3-c3cc(F)c(F)c(F)c3)C2)cc(N2N=CCN2)c1. The molecule has 0 saturated carbocycles. The molecule has 0 atom stereocenters. The summed E-state index contributed by atoms with van der Waals surface area (Å²) in [5.74, 6) is -4.14. The number of hydrogen-bond acceptors (Lipinski definition) is 5. The third kappa shape index (κ3) is 3.76. The highest BCUT2D eigenvalue weighted by Crippen LogP contribution is 2.32. The Morgan fingerprint density at radius 3 is 2.55 bits per heavy atom. The molecule has 1 amide bonds. The molecule has 2 aliphatic rings. The van der Waals surface area contributed by atoms with Crippen LogP contribution >= 0.6 is 0 Å². The molecule has 0 radical (unpaired) electrons. The van der Waals surface area contributed by atoms with Crippen molar-refractivity contribution in [2.45, 2.75) is 19.9 Å². The molecule has 1 N–H and O–H groups in total. The van der Waals surface area contributed by atoms with Gasteiger partial charge in [0.15, 0.2) is 17.5 Å². The highest BCUT2D eigenvalue weighted by Gasteiger charge is 2.29. The minimum Gasteiger partial charge on any atom is -0.332 e. The number of carbonyl (C=O) groups excluding carboxylic acids is 1. The molecule has 1 aromatic heterocycles. The summed E-state index contributed by atoms with van der Waals surface area (Å²) in [6.07, 6.45) is 2.20. The van der Waals surface area contributed by atoms with Gasteiger partial charge in [0.1, 0.15) is 0 Å². The standard InChI is InChI=1S/C23H21F3N6O/c1-13-7-15(9-16(8-13)32-27-4-5-28-32)23(33)31-6-3-17-20(12-31)29-30(2)22(17)14-10-18(24)21(26)19(25)11-14/h4,7-11,28H,3,5-6,12H2,1-2H3. The monoisotopic (exact) mass is 454 g/mol. The number of hydrogen-bond donors (Lipinski definition) is 1. The van der Waals surface area contributed by atoms with E-state index in [1.54, 1.807) is 29.3 Å². The fraction of sp³-hybridized carbons (Fsp3) is 0.261. The Bertz CT molecular complexity index is 1280. The lowest BCUT2D eigenvalue weighted by Crippen LogP contribution is -2.36. The second-order valence-corrected chi connectivity index (χ2v) is 8.16. The summed E-state index contributed by atoms with van der Waals surface area (Å²) in [7, 11) is 1.66. The average molecular weight is 454 g/mol. The molecule has 0 aliphatic carbocycles. The van der Waals surface area contributed by atoms with Crippen LogP contribution in [0.15, 0.2) is 35.4 Å². The van der Waals surface area contributed by atoms with Crippen molar-refractivity contribution < 1.29 is 18.0 Å². The molecule has 10 heteroatoms. The zero-order valence-electron chi connectivity index (χ0n) is 18.1. The van der Waals surface area contributed by atoms with Crippen LogP contribution in [0.5, 0.6) is 0 Å². The zero-order valence-corrected chi connectivity index (χ0v) is 18.1. The molecule has 7 nitrogen and oxygen atoms in total. The second kappa shape index (κ2) is 8.04. The van der Waals surface area contributed by atoms with Gasteiger partial charge in [-0.25, -0.2) is 18.6 Å². The Hall–Kier alpha value is -3.66. The lowest BCUT2D eigenvalue weighted by molar-refractivity contribution is 0.0732. The van der Waals surface area contributed by atoms with E-state index >= 15 is 0 Å². The first-order valence-electron chi connectivity index (χ1n) is 10.5. The number of hydrazone groups is 1. The average Bonchev–Trinajstić information content (AvgIpc) is 3.43. The predicted octanol–water partition coefficient (Wildman–Crippen LogP) is 3.32. The number of benzene rings is 2. The van der Waals surface area contributed by atoms with E-state index in [-0.39, 0.29) is 18.0 Å². The maximum Gasteiger partial charge on any atom is 0.254 e. The number of fused-ring (bicyclic) bond motifs is 1. The van der Waals surface area contributed by atoms with Crippen LogP contribution < -0.4 is 10.5 Å². The van der Waals surface area contributed by atoms with E-state index in [0.717, 1.165) is 28.9 Å². The summed E-state index contributed by atoms with van der Waals surface area (Å²) in [6, 6.07) is 7.49. The molecule has 33 heavy (non-hydrogen) atoms. The number of halogens is 3. The van der Waals surface area contributed by atoms with Gasteiger partial charge in [-0.15, -0.1) is 0 Å². The lowest BCUT2D eigenvalue weighted by atomic mass is 9.98. The van der Waals surface area contributed by atoms with E-state index in [1.165, 1.54) is 4.68 Å². The maximum absolute atomic E-state index is 13.8. The molecule has 0 bridgehead atoms. The first kappa shape index (κ1) is 21.2. The van der Waals surface area contributed by atoms with Crippen LogP contribution in [0.2, 0.25) is 0 Å². The largest absolute Gasteiger partial charge is 0.332 e. The van der Waals surface area contributed by atoms with Crippen LogP contribution in [0, 0.1) is 24.4 Å². The summed E-state index contributed by atoms with van der Waals surface area (Å²) < 4.78 is 42.6. The molecule has 0 unspecified atom stereocenters. The first-order valence-corrected chi connectivity index (χ1v) is 10.5. The number of nitrogens with one attached hydrogen (secondary N) is 1. The van der Waals surface area contributed by atoms with Crippen molar-refractivity contribution in [1.29, 1.82) is 0 Å². The Kier molecular flexibility index (Phi) is 5.16. The Labute approximate surface area is 188 Å². The molecule has 0 spiro atoms. The summed E-state index contributed by atoms with van der Waals surface area (Å²) in [5.41, 5.74) is 7.51. The smallest absolute Gasteiger partial charge is 0.254 e.